The first-order valence-corrected chi connectivity index (χ1v) is 8.60. The van der Waals surface area contributed by atoms with Crippen LogP contribution in [-0.2, 0) is 16.0 Å². The van der Waals surface area contributed by atoms with Crippen LogP contribution in [0.2, 0.25) is 0 Å². The molecule has 0 spiro atoms. The van der Waals surface area contributed by atoms with Gasteiger partial charge in [0.1, 0.15) is 11.6 Å². The van der Waals surface area contributed by atoms with Crippen LogP contribution in [-0.4, -0.2) is 57.5 Å². The normalized spacial score (nSPS) is 28.8. The van der Waals surface area contributed by atoms with Crippen LogP contribution < -0.4 is 0 Å². The van der Waals surface area contributed by atoms with Crippen molar-refractivity contribution >= 4 is 11.8 Å². The van der Waals surface area contributed by atoms with Crippen molar-refractivity contribution in [2.24, 2.45) is 0 Å². The second kappa shape index (κ2) is 6.84. The van der Waals surface area contributed by atoms with Crippen molar-refractivity contribution in [1.82, 2.24) is 9.80 Å². The molecular formula is C20H24N2O3. The summed E-state index contributed by atoms with van der Waals surface area (Å²) >= 11 is 0. The van der Waals surface area contributed by atoms with E-state index in [1.54, 1.807) is 22.0 Å². The van der Waals surface area contributed by atoms with Crippen LogP contribution in [0.3, 0.4) is 0 Å². The number of rotatable bonds is 6. The highest BCUT2D eigenvalue weighted by Gasteiger charge is 2.59. The minimum Gasteiger partial charge on any atom is -0.391 e. The van der Waals surface area contributed by atoms with Crippen LogP contribution in [0.15, 0.2) is 55.6 Å². The number of benzene rings is 1. The molecule has 2 fully saturated rings. The molecule has 1 N–H and O–H groups in total. The van der Waals surface area contributed by atoms with Crippen LogP contribution in [0, 0.1) is 0 Å². The number of hydrogen-bond donors (Lipinski definition) is 1. The predicted octanol–water partition coefficient (Wildman–Crippen LogP) is 1.53. The third-order valence-electron chi connectivity index (χ3n) is 5.15. The van der Waals surface area contributed by atoms with Gasteiger partial charge in [-0.1, -0.05) is 42.5 Å². The molecule has 2 amide bonds. The topological polar surface area (TPSA) is 60.9 Å². The van der Waals surface area contributed by atoms with Crippen LogP contribution in [0.5, 0.6) is 0 Å². The second-order valence-electron chi connectivity index (χ2n) is 6.78. The van der Waals surface area contributed by atoms with Crippen molar-refractivity contribution in [2.45, 2.75) is 36.9 Å². The molecule has 0 aromatic heterocycles. The zero-order valence-electron chi connectivity index (χ0n) is 14.3. The van der Waals surface area contributed by atoms with Gasteiger partial charge in [0.15, 0.2) is 0 Å². The van der Waals surface area contributed by atoms with Gasteiger partial charge in [-0.15, -0.1) is 13.2 Å². The lowest BCUT2D eigenvalue weighted by molar-refractivity contribution is -0.166. The Labute approximate surface area is 148 Å². The van der Waals surface area contributed by atoms with E-state index in [1.165, 1.54) is 0 Å². The molecule has 5 heteroatoms. The van der Waals surface area contributed by atoms with E-state index < -0.39 is 17.7 Å². The summed E-state index contributed by atoms with van der Waals surface area (Å²) in [5.41, 5.74) is -0.00673. The van der Waals surface area contributed by atoms with Gasteiger partial charge in [-0.3, -0.25) is 9.59 Å². The van der Waals surface area contributed by atoms with Crippen LogP contribution in [0.1, 0.15) is 18.4 Å². The maximum absolute atomic E-state index is 13.3. The van der Waals surface area contributed by atoms with E-state index in [1.807, 2.05) is 30.3 Å². The van der Waals surface area contributed by atoms with Crippen LogP contribution in [0.25, 0.3) is 0 Å². The van der Waals surface area contributed by atoms with E-state index in [2.05, 4.69) is 13.2 Å². The summed E-state index contributed by atoms with van der Waals surface area (Å²) in [7, 11) is 0. The summed E-state index contributed by atoms with van der Waals surface area (Å²) in [5.74, 6) is -0.229. The summed E-state index contributed by atoms with van der Waals surface area (Å²) in [6.45, 7) is 7.99. The Bertz CT molecular complexity index is 687. The monoisotopic (exact) mass is 340 g/mol. The molecule has 2 heterocycles. The van der Waals surface area contributed by atoms with E-state index in [0.29, 0.717) is 19.4 Å². The SMILES string of the molecule is C=CCN1C(=O)C2(CC=C)C[C@@H](O)CN2C(=O)[C@@H]1Cc1ccccc1. The summed E-state index contributed by atoms with van der Waals surface area (Å²) in [5, 5.41) is 10.2. The van der Waals surface area contributed by atoms with Gasteiger partial charge in [-0.2, -0.15) is 0 Å². The Kier molecular flexibility index (Phi) is 4.77. The first kappa shape index (κ1) is 17.4. The molecule has 0 aliphatic carbocycles. The summed E-state index contributed by atoms with van der Waals surface area (Å²) in [6, 6.07) is 9.09. The van der Waals surface area contributed by atoms with Crippen LogP contribution >= 0.6 is 0 Å². The minimum atomic E-state index is -1.01. The fourth-order valence-corrected chi connectivity index (χ4v) is 4.08. The highest BCUT2D eigenvalue weighted by Crippen LogP contribution is 2.40. The Morgan fingerprint density at radius 2 is 1.92 bits per heavy atom. The predicted molar refractivity (Wildman–Crippen MR) is 95.7 cm³/mol. The number of piperazine rings is 1. The van der Waals surface area contributed by atoms with E-state index in [4.69, 9.17) is 0 Å². The number of carbonyl (C=O) groups is 2. The number of fused-ring (bicyclic) bond motifs is 1. The van der Waals surface area contributed by atoms with Gasteiger partial charge in [0.25, 0.3) is 0 Å². The maximum atomic E-state index is 13.3. The van der Waals surface area contributed by atoms with E-state index >= 15 is 0 Å². The van der Waals surface area contributed by atoms with E-state index in [0.717, 1.165) is 5.56 Å². The number of carbonyl (C=O) groups excluding carboxylic acids is 2. The van der Waals surface area contributed by atoms with Crippen molar-refractivity contribution in [1.29, 1.82) is 0 Å². The zero-order valence-corrected chi connectivity index (χ0v) is 14.3. The third-order valence-corrected chi connectivity index (χ3v) is 5.15. The molecule has 2 aliphatic heterocycles. The molecule has 3 rings (SSSR count). The number of aliphatic hydroxyl groups excluding tert-OH is 1. The molecule has 0 bridgehead atoms. The average Bonchev–Trinajstić information content (AvgIpc) is 2.95. The van der Waals surface area contributed by atoms with Gasteiger partial charge in [0, 0.05) is 25.9 Å². The lowest BCUT2D eigenvalue weighted by atomic mass is 9.85. The number of hydrogen-bond acceptors (Lipinski definition) is 3. The maximum Gasteiger partial charge on any atom is 0.249 e. The fourth-order valence-electron chi connectivity index (χ4n) is 4.08. The molecule has 3 atom stereocenters. The number of aliphatic hydroxyl groups is 1. The lowest BCUT2D eigenvalue weighted by Crippen LogP contribution is -2.69. The standard InChI is InChI=1S/C20H24N2O3/c1-3-10-20-13-16(23)14-22(20)18(24)17(21(11-4-2)19(20)25)12-15-8-6-5-7-9-15/h3-9,16-17,23H,1-2,10-14H2/t16-,17+,20?/m1/s1. The average molecular weight is 340 g/mol. The van der Waals surface area contributed by atoms with E-state index in [9.17, 15) is 14.7 Å². The quantitative estimate of drug-likeness (QED) is 0.799. The summed E-state index contributed by atoms with van der Waals surface area (Å²) < 4.78 is 0. The molecule has 2 aliphatic rings. The fraction of sp³-hybridized carbons (Fsp3) is 0.400. The Balaban J connectivity index is 1.99. The summed E-state index contributed by atoms with van der Waals surface area (Å²) in [4.78, 5) is 29.7. The van der Waals surface area contributed by atoms with Gasteiger partial charge >= 0.3 is 0 Å². The molecular weight excluding hydrogens is 316 g/mol. The van der Waals surface area contributed by atoms with Gasteiger partial charge in [0.2, 0.25) is 11.8 Å². The molecule has 5 nitrogen and oxygen atoms in total. The number of nitrogens with zero attached hydrogens (tertiary/aromatic N) is 2. The molecule has 1 aromatic rings. The molecule has 1 unspecified atom stereocenters. The van der Waals surface area contributed by atoms with Crippen molar-refractivity contribution in [3.05, 3.63) is 61.2 Å². The van der Waals surface area contributed by atoms with Gasteiger partial charge in [-0.25, -0.2) is 0 Å². The lowest BCUT2D eigenvalue weighted by Gasteiger charge is -2.48. The molecule has 132 valence electrons. The first-order valence-electron chi connectivity index (χ1n) is 8.60. The summed E-state index contributed by atoms with van der Waals surface area (Å²) in [6.07, 6.45) is 3.67. The second-order valence-corrected chi connectivity index (χ2v) is 6.78. The highest BCUT2D eigenvalue weighted by atomic mass is 16.3. The molecule has 2 saturated heterocycles. The minimum absolute atomic E-state index is 0.108. The largest absolute Gasteiger partial charge is 0.391 e. The number of β-amino-alcohol motifs (C(OH)–C–C–N with tert-alkyl or cyclic N) is 1. The Morgan fingerprint density at radius 3 is 2.56 bits per heavy atom. The van der Waals surface area contributed by atoms with Crippen molar-refractivity contribution in [3.8, 4) is 0 Å². The van der Waals surface area contributed by atoms with E-state index in [-0.39, 0.29) is 24.8 Å². The van der Waals surface area contributed by atoms with Gasteiger partial charge in [0.05, 0.1) is 6.10 Å². The van der Waals surface area contributed by atoms with Gasteiger partial charge in [-0.05, 0) is 12.0 Å². The van der Waals surface area contributed by atoms with Crippen molar-refractivity contribution < 1.29 is 14.7 Å². The molecule has 0 saturated carbocycles. The van der Waals surface area contributed by atoms with Crippen LogP contribution in [0.4, 0.5) is 0 Å². The molecule has 1 aromatic carbocycles. The first-order chi connectivity index (χ1) is 12.0. The Hall–Kier alpha value is -2.40. The number of amides is 2. The molecule has 0 radical (unpaired) electrons. The molecule has 25 heavy (non-hydrogen) atoms. The van der Waals surface area contributed by atoms with Gasteiger partial charge < -0.3 is 14.9 Å². The Morgan fingerprint density at radius 1 is 1.20 bits per heavy atom. The third kappa shape index (κ3) is 2.89. The highest BCUT2D eigenvalue weighted by molar-refractivity contribution is 6.01. The zero-order chi connectivity index (χ0) is 18.0. The smallest absolute Gasteiger partial charge is 0.249 e. The van der Waals surface area contributed by atoms with Crippen molar-refractivity contribution in [2.75, 3.05) is 13.1 Å². The van der Waals surface area contributed by atoms with Crippen molar-refractivity contribution in [3.63, 3.8) is 0 Å².